The molecule has 0 aliphatic heterocycles. The van der Waals surface area contributed by atoms with Gasteiger partial charge in [0.2, 0.25) is 0 Å². The SMILES string of the molecule is Oc1ccc(/N=N/c2cccc3cccnc23)c(O)c1. The number of para-hydroxylation sites is 1. The van der Waals surface area contributed by atoms with Gasteiger partial charge < -0.3 is 10.2 Å². The number of rotatable bonds is 2. The zero-order valence-corrected chi connectivity index (χ0v) is 10.4. The number of benzene rings is 2. The monoisotopic (exact) mass is 265 g/mol. The minimum atomic E-state index is -0.123. The van der Waals surface area contributed by atoms with Gasteiger partial charge in [-0.15, -0.1) is 10.2 Å². The summed E-state index contributed by atoms with van der Waals surface area (Å²) < 4.78 is 0. The molecule has 0 aliphatic carbocycles. The summed E-state index contributed by atoms with van der Waals surface area (Å²) in [5, 5.41) is 28.0. The Bertz CT molecular complexity index is 795. The van der Waals surface area contributed by atoms with E-state index in [1.165, 1.54) is 18.2 Å². The van der Waals surface area contributed by atoms with E-state index in [0.29, 0.717) is 5.69 Å². The fourth-order valence-corrected chi connectivity index (χ4v) is 1.87. The molecule has 0 atom stereocenters. The Labute approximate surface area is 114 Å². The van der Waals surface area contributed by atoms with Crippen LogP contribution in [0.1, 0.15) is 0 Å². The van der Waals surface area contributed by atoms with Crippen molar-refractivity contribution in [2.45, 2.75) is 0 Å². The van der Waals surface area contributed by atoms with E-state index in [0.717, 1.165) is 10.9 Å². The molecule has 0 radical (unpaired) electrons. The van der Waals surface area contributed by atoms with Crippen LogP contribution in [0, 0.1) is 0 Å². The first-order chi connectivity index (χ1) is 9.74. The number of azo groups is 1. The molecule has 20 heavy (non-hydrogen) atoms. The molecule has 3 rings (SSSR count). The highest BCUT2D eigenvalue weighted by Gasteiger charge is 2.03. The number of aromatic hydroxyl groups is 2. The van der Waals surface area contributed by atoms with Gasteiger partial charge in [-0.2, -0.15) is 0 Å². The highest BCUT2D eigenvalue weighted by atomic mass is 16.3. The second-order valence-electron chi connectivity index (χ2n) is 4.23. The second kappa shape index (κ2) is 4.97. The van der Waals surface area contributed by atoms with Gasteiger partial charge in [-0.25, -0.2) is 0 Å². The van der Waals surface area contributed by atoms with Gasteiger partial charge in [-0.05, 0) is 24.3 Å². The van der Waals surface area contributed by atoms with E-state index in [9.17, 15) is 10.2 Å². The van der Waals surface area contributed by atoms with E-state index in [-0.39, 0.29) is 17.2 Å². The zero-order valence-electron chi connectivity index (χ0n) is 10.4. The molecule has 0 aliphatic rings. The van der Waals surface area contributed by atoms with E-state index in [4.69, 9.17) is 0 Å². The Morgan fingerprint density at radius 1 is 0.850 bits per heavy atom. The molecule has 0 bridgehead atoms. The Hall–Kier alpha value is -2.95. The van der Waals surface area contributed by atoms with Crippen LogP contribution in [-0.4, -0.2) is 15.2 Å². The van der Waals surface area contributed by atoms with Crippen molar-refractivity contribution in [2.75, 3.05) is 0 Å². The highest BCUT2D eigenvalue weighted by molar-refractivity contribution is 5.88. The average molecular weight is 265 g/mol. The average Bonchev–Trinajstić information content (AvgIpc) is 2.46. The van der Waals surface area contributed by atoms with E-state index in [1.54, 1.807) is 12.3 Å². The standard InChI is InChI=1S/C15H11N3O2/c19-11-6-7-12(14(20)9-11)17-18-13-5-1-3-10-4-2-8-16-15(10)13/h1-9,19-20H/b18-17+. The van der Waals surface area contributed by atoms with E-state index in [2.05, 4.69) is 15.2 Å². The van der Waals surface area contributed by atoms with Crippen LogP contribution in [-0.2, 0) is 0 Å². The molecule has 5 nitrogen and oxygen atoms in total. The molecular formula is C15H11N3O2. The Balaban J connectivity index is 2.02. The summed E-state index contributed by atoms with van der Waals surface area (Å²) in [7, 11) is 0. The van der Waals surface area contributed by atoms with Crippen molar-refractivity contribution in [3.8, 4) is 11.5 Å². The van der Waals surface area contributed by atoms with E-state index < -0.39 is 0 Å². The van der Waals surface area contributed by atoms with Crippen molar-refractivity contribution in [3.05, 3.63) is 54.7 Å². The zero-order chi connectivity index (χ0) is 13.9. The summed E-state index contributed by atoms with van der Waals surface area (Å²) in [5.41, 5.74) is 1.66. The molecule has 3 aromatic rings. The van der Waals surface area contributed by atoms with Crippen LogP contribution >= 0.6 is 0 Å². The molecule has 0 spiro atoms. The van der Waals surface area contributed by atoms with Crippen LogP contribution < -0.4 is 0 Å². The van der Waals surface area contributed by atoms with Crippen LogP contribution in [0.25, 0.3) is 10.9 Å². The molecule has 1 aromatic heterocycles. The molecule has 98 valence electrons. The number of pyridine rings is 1. The summed E-state index contributed by atoms with van der Waals surface area (Å²) in [6.45, 7) is 0. The number of nitrogens with zero attached hydrogens (tertiary/aromatic N) is 3. The van der Waals surface area contributed by atoms with Crippen LogP contribution in [0.4, 0.5) is 11.4 Å². The molecule has 5 heteroatoms. The molecule has 2 N–H and O–H groups in total. The van der Waals surface area contributed by atoms with Gasteiger partial charge in [0.1, 0.15) is 22.9 Å². The Kier molecular flexibility index (Phi) is 3.01. The van der Waals surface area contributed by atoms with Crippen LogP contribution in [0.15, 0.2) is 65.0 Å². The number of hydrogen-bond donors (Lipinski definition) is 2. The first-order valence-electron chi connectivity index (χ1n) is 6.01. The summed E-state index contributed by atoms with van der Waals surface area (Å²) in [5.74, 6) is -0.143. The topological polar surface area (TPSA) is 78.1 Å². The number of aromatic nitrogens is 1. The summed E-state index contributed by atoms with van der Waals surface area (Å²) in [6, 6.07) is 13.6. The molecule has 0 unspecified atom stereocenters. The van der Waals surface area contributed by atoms with Crippen molar-refractivity contribution in [1.29, 1.82) is 0 Å². The summed E-state index contributed by atoms with van der Waals surface area (Å²) >= 11 is 0. The lowest BCUT2D eigenvalue weighted by molar-refractivity contribution is 0.451. The maximum atomic E-state index is 9.65. The molecule has 2 aromatic carbocycles. The second-order valence-corrected chi connectivity index (χ2v) is 4.23. The first kappa shape index (κ1) is 12.1. The first-order valence-corrected chi connectivity index (χ1v) is 6.01. The molecule has 1 heterocycles. The van der Waals surface area contributed by atoms with Gasteiger partial charge >= 0.3 is 0 Å². The minimum Gasteiger partial charge on any atom is -0.508 e. The third-order valence-corrected chi connectivity index (χ3v) is 2.84. The molecule has 0 saturated heterocycles. The predicted octanol–water partition coefficient (Wildman–Crippen LogP) is 4.06. The summed E-state index contributed by atoms with van der Waals surface area (Å²) in [6.07, 6.45) is 1.69. The lowest BCUT2D eigenvalue weighted by Gasteiger charge is -2.00. The van der Waals surface area contributed by atoms with Crippen LogP contribution in [0.2, 0.25) is 0 Å². The van der Waals surface area contributed by atoms with Crippen molar-refractivity contribution in [1.82, 2.24) is 4.98 Å². The Morgan fingerprint density at radius 2 is 1.65 bits per heavy atom. The van der Waals surface area contributed by atoms with Crippen molar-refractivity contribution in [3.63, 3.8) is 0 Å². The van der Waals surface area contributed by atoms with E-state index >= 15 is 0 Å². The number of phenols is 2. The van der Waals surface area contributed by atoms with Crippen molar-refractivity contribution < 1.29 is 10.2 Å². The van der Waals surface area contributed by atoms with Gasteiger partial charge in [0.25, 0.3) is 0 Å². The van der Waals surface area contributed by atoms with Gasteiger partial charge in [0.05, 0.1) is 5.52 Å². The lowest BCUT2D eigenvalue weighted by atomic mass is 10.2. The number of phenolic OH excluding ortho intramolecular Hbond substituents is 2. The highest BCUT2D eigenvalue weighted by Crippen LogP contribution is 2.32. The smallest absolute Gasteiger partial charge is 0.146 e. The van der Waals surface area contributed by atoms with Crippen LogP contribution in [0.3, 0.4) is 0 Å². The molecule has 0 saturated carbocycles. The fourth-order valence-electron chi connectivity index (χ4n) is 1.87. The summed E-state index contributed by atoms with van der Waals surface area (Å²) in [4.78, 5) is 4.27. The quantitative estimate of drug-likeness (QED) is 0.686. The predicted molar refractivity (Wildman–Crippen MR) is 75.7 cm³/mol. The third kappa shape index (κ3) is 2.29. The third-order valence-electron chi connectivity index (χ3n) is 2.84. The van der Waals surface area contributed by atoms with Gasteiger partial charge in [0.15, 0.2) is 0 Å². The molecule has 0 amide bonds. The normalized spacial score (nSPS) is 11.2. The maximum absolute atomic E-state index is 9.65. The fraction of sp³-hybridized carbons (Fsp3) is 0. The van der Waals surface area contributed by atoms with Gasteiger partial charge in [0, 0.05) is 17.6 Å². The minimum absolute atomic E-state index is 0.0201. The number of hydrogen-bond acceptors (Lipinski definition) is 5. The number of fused-ring (bicyclic) bond motifs is 1. The van der Waals surface area contributed by atoms with E-state index in [1.807, 2.05) is 24.3 Å². The lowest BCUT2D eigenvalue weighted by Crippen LogP contribution is -1.77. The molecule has 0 fully saturated rings. The maximum Gasteiger partial charge on any atom is 0.146 e. The Morgan fingerprint density at radius 3 is 2.50 bits per heavy atom. The largest absolute Gasteiger partial charge is 0.508 e. The van der Waals surface area contributed by atoms with Gasteiger partial charge in [-0.1, -0.05) is 18.2 Å². The van der Waals surface area contributed by atoms with Gasteiger partial charge in [-0.3, -0.25) is 4.98 Å². The van der Waals surface area contributed by atoms with Crippen molar-refractivity contribution in [2.24, 2.45) is 10.2 Å². The van der Waals surface area contributed by atoms with Crippen LogP contribution in [0.5, 0.6) is 11.5 Å². The van der Waals surface area contributed by atoms with Crippen molar-refractivity contribution >= 4 is 22.3 Å². The molecular weight excluding hydrogens is 254 g/mol.